The summed E-state index contributed by atoms with van der Waals surface area (Å²) < 4.78 is 37.9. The molecule has 0 heterocycles. The van der Waals surface area contributed by atoms with Crippen molar-refractivity contribution in [3.05, 3.63) is 35.4 Å². The summed E-state index contributed by atoms with van der Waals surface area (Å²) in [6.07, 6.45) is -3.33. The van der Waals surface area contributed by atoms with Gasteiger partial charge in [0.05, 0.1) is 5.56 Å². The van der Waals surface area contributed by atoms with Gasteiger partial charge in [0.25, 0.3) is 0 Å². The Balaban J connectivity index is 3.05. The number of aliphatic hydroxyl groups excluding tert-OH is 1. The van der Waals surface area contributed by atoms with Crippen molar-refractivity contribution in [1.29, 1.82) is 0 Å². The summed E-state index contributed by atoms with van der Waals surface area (Å²) in [7, 11) is 0. The predicted octanol–water partition coefficient (Wildman–Crippen LogP) is 2.91. The maximum atomic E-state index is 12.6. The van der Waals surface area contributed by atoms with Crippen LogP contribution in [0.1, 0.15) is 36.8 Å². The Kier molecular flexibility index (Phi) is 5.16. The fourth-order valence-corrected chi connectivity index (χ4v) is 2.00. The van der Waals surface area contributed by atoms with E-state index in [9.17, 15) is 13.2 Å². The van der Waals surface area contributed by atoms with Crippen LogP contribution in [-0.2, 0) is 6.18 Å². The summed E-state index contributed by atoms with van der Waals surface area (Å²) >= 11 is 0. The van der Waals surface area contributed by atoms with E-state index < -0.39 is 11.7 Å². The van der Waals surface area contributed by atoms with E-state index in [1.807, 2.05) is 6.92 Å². The van der Waals surface area contributed by atoms with Crippen molar-refractivity contribution >= 4 is 0 Å². The molecule has 0 fully saturated rings. The van der Waals surface area contributed by atoms with Crippen molar-refractivity contribution < 1.29 is 18.3 Å². The van der Waals surface area contributed by atoms with Crippen molar-refractivity contribution in [1.82, 2.24) is 0 Å². The molecule has 2 nitrogen and oxygen atoms in total. The summed E-state index contributed by atoms with van der Waals surface area (Å²) in [4.78, 5) is 0. The highest BCUT2D eigenvalue weighted by Gasteiger charge is 2.31. The van der Waals surface area contributed by atoms with Gasteiger partial charge >= 0.3 is 6.18 Å². The highest BCUT2D eigenvalue weighted by Crippen LogP contribution is 2.32. The van der Waals surface area contributed by atoms with Crippen LogP contribution in [0.25, 0.3) is 0 Å². The first-order valence-electron chi connectivity index (χ1n) is 5.93. The molecule has 0 amide bonds. The van der Waals surface area contributed by atoms with E-state index in [1.54, 1.807) is 6.07 Å². The Morgan fingerprint density at radius 2 is 2.00 bits per heavy atom. The molecule has 102 valence electrons. The first kappa shape index (κ1) is 15.0. The molecule has 0 spiro atoms. The molecule has 18 heavy (non-hydrogen) atoms. The molecule has 3 N–H and O–H groups in total. The summed E-state index contributed by atoms with van der Waals surface area (Å²) in [6.45, 7) is 1.79. The van der Waals surface area contributed by atoms with Gasteiger partial charge in [-0.25, -0.2) is 0 Å². The van der Waals surface area contributed by atoms with E-state index >= 15 is 0 Å². The molecule has 2 atom stereocenters. The average Bonchev–Trinajstić information content (AvgIpc) is 2.34. The molecule has 0 bridgehead atoms. The van der Waals surface area contributed by atoms with Gasteiger partial charge in [-0.2, -0.15) is 13.2 Å². The Morgan fingerprint density at radius 1 is 1.33 bits per heavy atom. The van der Waals surface area contributed by atoms with Gasteiger partial charge in [-0.3, -0.25) is 0 Å². The first-order valence-corrected chi connectivity index (χ1v) is 5.93. The third-order valence-corrected chi connectivity index (χ3v) is 3.07. The van der Waals surface area contributed by atoms with Gasteiger partial charge in [-0.05, 0) is 24.5 Å². The molecule has 0 radical (unpaired) electrons. The van der Waals surface area contributed by atoms with Crippen molar-refractivity contribution in [2.24, 2.45) is 5.73 Å². The largest absolute Gasteiger partial charge is 0.416 e. The lowest BCUT2D eigenvalue weighted by molar-refractivity contribution is -0.137. The Bertz CT molecular complexity index is 379. The summed E-state index contributed by atoms with van der Waals surface area (Å²) in [5.74, 6) is -0.248. The number of alkyl halides is 3. The van der Waals surface area contributed by atoms with E-state index in [-0.39, 0.29) is 18.6 Å². The zero-order valence-electron chi connectivity index (χ0n) is 10.2. The third kappa shape index (κ3) is 3.71. The van der Waals surface area contributed by atoms with Crippen LogP contribution in [0.3, 0.4) is 0 Å². The van der Waals surface area contributed by atoms with Crippen molar-refractivity contribution in [3.8, 4) is 0 Å². The molecule has 1 aromatic carbocycles. The summed E-state index contributed by atoms with van der Waals surface area (Å²) in [5.41, 5.74) is 5.76. The van der Waals surface area contributed by atoms with Crippen molar-refractivity contribution in [3.63, 3.8) is 0 Å². The number of halogens is 3. The zero-order chi connectivity index (χ0) is 13.8. The fourth-order valence-electron chi connectivity index (χ4n) is 2.00. The van der Waals surface area contributed by atoms with Crippen LogP contribution >= 0.6 is 0 Å². The van der Waals surface area contributed by atoms with Gasteiger partial charge in [0, 0.05) is 18.6 Å². The molecular weight excluding hydrogens is 243 g/mol. The average molecular weight is 261 g/mol. The van der Waals surface area contributed by atoms with Crippen LogP contribution in [0.15, 0.2) is 24.3 Å². The third-order valence-electron chi connectivity index (χ3n) is 3.07. The van der Waals surface area contributed by atoms with E-state index in [0.717, 1.165) is 12.1 Å². The second kappa shape index (κ2) is 6.20. The number of aliphatic hydroxyl groups is 1. The monoisotopic (exact) mass is 261 g/mol. The molecule has 0 aliphatic carbocycles. The molecule has 2 unspecified atom stereocenters. The number of nitrogens with two attached hydrogens (primary N) is 1. The van der Waals surface area contributed by atoms with Gasteiger partial charge in [0.2, 0.25) is 0 Å². The van der Waals surface area contributed by atoms with Crippen molar-refractivity contribution in [2.45, 2.75) is 37.9 Å². The molecule has 1 aromatic rings. The van der Waals surface area contributed by atoms with Crippen LogP contribution in [0.5, 0.6) is 0 Å². The Hall–Kier alpha value is -1.07. The van der Waals surface area contributed by atoms with Crippen LogP contribution in [-0.4, -0.2) is 17.8 Å². The SMILES string of the molecule is CCC(N)C(CCO)c1cccc(C(F)(F)F)c1. The molecule has 0 aliphatic heterocycles. The van der Waals surface area contributed by atoms with E-state index in [2.05, 4.69) is 0 Å². The summed E-state index contributed by atoms with van der Waals surface area (Å²) in [5, 5.41) is 8.99. The van der Waals surface area contributed by atoms with E-state index in [4.69, 9.17) is 10.8 Å². The van der Waals surface area contributed by atoms with E-state index in [1.165, 1.54) is 6.07 Å². The van der Waals surface area contributed by atoms with Gasteiger partial charge in [-0.15, -0.1) is 0 Å². The molecule has 5 heteroatoms. The topological polar surface area (TPSA) is 46.2 Å². The minimum absolute atomic E-state index is 0.0887. The second-order valence-corrected chi connectivity index (χ2v) is 4.31. The highest BCUT2D eigenvalue weighted by atomic mass is 19.4. The number of hydrogen-bond donors (Lipinski definition) is 2. The lowest BCUT2D eigenvalue weighted by Gasteiger charge is -2.23. The van der Waals surface area contributed by atoms with Gasteiger partial charge in [0.1, 0.15) is 0 Å². The maximum absolute atomic E-state index is 12.6. The van der Waals surface area contributed by atoms with Crippen LogP contribution in [0.2, 0.25) is 0 Å². The molecule has 0 aromatic heterocycles. The lowest BCUT2D eigenvalue weighted by atomic mass is 9.87. The second-order valence-electron chi connectivity index (χ2n) is 4.31. The predicted molar refractivity (Wildman–Crippen MR) is 64.2 cm³/mol. The fraction of sp³-hybridized carbons (Fsp3) is 0.538. The molecular formula is C13H18F3NO. The highest BCUT2D eigenvalue weighted by molar-refractivity contribution is 5.29. The van der Waals surface area contributed by atoms with E-state index in [0.29, 0.717) is 18.4 Å². The van der Waals surface area contributed by atoms with Crippen LogP contribution in [0.4, 0.5) is 13.2 Å². The van der Waals surface area contributed by atoms with Crippen LogP contribution in [0, 0.1) is 0 Å². The van der Waals surface area contributed by atoms with Gasteiger partial charge in [0.15, 0.2) is 0 Å². The van der Waals surface area contributed by atoms with Gasteiger partial charge < -0.3 is 10.8 Å². The van der Waals surface area contributed by atoms with Gasteiger partial charge in [-0.1, -0.05) is 25.1 Å². The number of rotatable bonds is 5. The minimum atomic E-state index is -4.35. The molecule has 0 saturated carbocycles. The smallest absolute Gasteiger partial charge is 0.396 e. The molecule has 0 aliphatic rings. The number of benzene rings is 1. The Labute approximate surface area is 105 Å². The van der Waals surface area contributed by atoms with Crippen LogP contribution < -0.4 is 5.73 Å². The molecule has 0 saturated heterocycles. The summed E-state index contributed by atoms with van der Waals surface area (Å²) in [6, 6.07) is 4.92. The number of hydrogen-bond acceptors (Lipinski definition) is 2. The normalized spacial score (nSPS) is 15.4. The zero-order valence-corrected chi connectivity index (χ0v) is 10.2. The quantitative estimate of drug-likeness (QED) is 0.856. The maximum Gasteiger partial charge on any atom is 0.416 e. The molecule has 1 rings (SSSR count). The minimum Gasteiger partial charge on any atom is -0.396 e. The standard InChI is InChI=1S/C13H18F3NO/c1-2-12(17)11(6-7-18)9-4-3-5-10(8-9)13(14,15)16/h3-5,8,11-12,18H,2,6-7,17H2,1H3. The van der Waals surface area contributed by atoms with Crippen molar-refractivity contribution in [2.75, 3.05) is 6.61 Å². The first-order chi connectivity index (χ1) is 8.40. The Morgan fingerprint density at radius 3 is 2.50 bits per heavy atom. The lowest BCUT2D eigenvalue weighted by Crippen LogP contribution is -2.28.